The third-order valence-electron chi connectivity index (χ3n) is 3.97. The Labute approximate surface area is 165 Å². The second kappa shape index (κ2) is 9.54. The van der Waals surface area contributed by atoms with Gasteiger partial charge in [-0.05, 0) is 24.3 Å². The van der Waals surface area contributed by atoms with E-state index in [0.29, 0.717) is 11.5 Å². The van der Waals surface area contributed by atoms with Crippen LogP contribution < -0.4 is 20.1 Å². The quantitative estimate of drug-likeness (QED) is 0.672. The number of halogens is 1. The van der Waals surface area contributed by atoms with Gasteiger partial charge in [-0.1, -0.05) is 24.3 Å². The maximum absolute atomic E-state index is 13.5. The number of rotatable bonds is 7. The van der Waals surface area contributed by atoms with Gasteiger partial charge in [-0.2, -0.15) is 0 Å². The van der Waals surface area contributed by atoms with Gasteiger partial charge in [0.15, 0.2) is 18.1 Å². The Morgan fingerprint density at radius 1 is 1.03 bits per heavy atom. The van der Waals surface area contributed by atoms with Crippen molar-refractivity contribution in [3.63, 3.8) is 0 Å². The molecule has 9 heteroatoms. The van der Waals surface area contributed by atoms with Crippen LogP contribution in [0.3, 0.4) is 0 Å². The number of ether oxygens (including phenoxy) is 3. The van der Waals surface area contributed by atoms with E-state index < -0.39 is 36.8 Å². The zero-order valence-electron chi connectivity index (χ0n) is 15.4. The van der Waals surface area contributed by atoms with E-state index in [0.717, 1.165) is 6.07 Å². The van der Waals surface area contributed by atoms with Crippen molar-refractivity contribution in [1.82, 2.24) is 10.6 Å². The van der Waals surface area contributed by atoms with Crippen molar-refractivity contribution in [1.29, 1.82) is 0 Å². The highest BCUT2D eigenvalue weighted by molar-refractivity contribution is 5.96. The third-order valence-corrected chi connectivity index (χ3v) is 3.97. The number of amides is 2. The first-order valence-corrected chi connectivity index (χ1v) is 8.86. The number of carbonyl (C=O) groups excluding carboxylic acids is 3. The highest BCUT2D eigenvalue weighted by Gasteiger charge is 2.21. The second-order valence-corrected chi connectivity index (χ2v) is 6.12. The van der Waals surface area contributed by atoms with Crippen LogP contribution >= 0.6 is 0 Å². The van der Waals surface area contributed by atoms with Crippen LogP contribution in [0.1, 0.15) is 10.4 Å². The first-order valence-electron chi connectivity index (χ1n) is 8.86. The molecule has 3 rings (SSSR count). The SMILES string of the molecule is O=C(COC(=O)CNC(=O)c1ccccc1F)NC[C@H]1COc2ccccc2O1. The number of hydrogen-bond donors (Lipinski definition) is 2. The number of para-hydroxylation sites is 2. The minimum absolute atomic E-state index is 0.175. The van der Waals surface area contributed by atoms with Gasteiger partial charge in [0, 0.05) is 0 Å². The summed E-state index contributed by atoms with van der Waals surface area (Å²) in [5.74, 6) is -1.57. The Morgan fingerprint density at radius 3 is 2.55 bits per heavy atom. The Kier molecular flexibility index (Phi) is 6.62. The lowest BCUT2D eigenvalue weighted by molar-refractivity contribution is -0.147. The summed E-state index contributed by atoms with van der Waals surface area (Å²) in [5.41, 5.74) is -0.186. The number of fused-ring (bicyclic) bond motifs is 1. The van der Waals surface area contributed by atoms with Gasteiger partial charge in [-0.25, -0.2) is 4.39 Å². The summed E-state index contributed by atoms with van der Waals surface area (Å²) in [6.07, 6.45) is -0.371. The molecular weight excluding hydrogens is 383 g/mol. The second-order valence-electron chi connectivity index (χ2n) is 6.12. The van der Waals surface area contributed by atoms with E-state index in [2.05, 4.69) is 10.6 Å². The zero-order valence-corrected chi connectivity index (χ0v) is 15.4. The van der Waals surface area contributed by atoms with E-state index in [-0.39, 0.29) is 24.8 Å². The molecule has 0 unspecified atom stereocenters. The molecule has 1 aliphatic rings. The van der Waals surface area contributed by atoms with Crippen molar-refractivity contribution in [2.24, 2.45) is 0 Å². The highest BCUT2D eigenvalue weighted by Crippen LogP contribution is 2.30. The van der Waals surface area contributed by atoms with Crippen LogP contribution in [0.25, 0.3) is 0 Å². The lowest BCUT2D eigenvalue weighted by Crippen LogP contribution is -2.42. The molecule has 2 aromatic carbocycles. The van der Waals surface area contributed by atoms with E-state index in [1.165, 1.54) is 18.2 Å². The van der Waals surface area contributed by atoms with Gasteiger partial charge in [-0.15, -0.1) is 0 Å². The van der Waals surface area contributed by atoms with Gasteiger partial charge in [-0.3, -0.25) is 14.4 Å². The maximum Gasteiger partial charge on any atom is 0.325 e. The summed E-state index contributed by atoms with van der Waals surface area (Å²) in [6, 6.07) is 12.6. The largest absolute Gasteiger partial charge is 0.486 e. The predicted octanol–water partition coefficient (Wildman–Crippen LogP) is 1.05. The van der Waals surface area contributed by atoms with E-state index >= 15 is 0 Å². The minimum atomic E-state index is -0.823. The molecule has 2 N–H and O–H groups in total. The van der Waals surface area contributed by atoms with Gasteiger partial charge in [0.25, 0.3) is 11.8 Å². The van der Waals surface area contributed by atoms with E-state index in [9.17, 15) is 18.8 Å². The minimum Gasteiger partial charge on any atom is -0.486 e. The monoisotopic (exact) mass is 402 g/mol. The molecule has 1 heterocycles. The fraction of sp³-hybridized carbons (Fsp3) is 0.250. The summed E-state index contributed by atoms with van der Waals surface area (Å²) < 4.78 is 29.5. The standard InChI is InChI=1S/C20H19FN2O6/c21-15-6-2-1-5-14(15)20(26)23-10-19(25)28-12-18(24)22-9-13-11-27-16-7-3-4-8-17(16)29-13/h1-8,13H,9-12H2,(H,22,24)(H,23,26)/t13-/m0/s1. The molecule has 29 heavy (non-hydrogen) atoms. The van der Waals surface area contributed by atoms with Crippen molar-refractivity contribution < 1.29 is 33.0 Å². The van der Waals surface area contributed by atoms with Gasteiger partial charge in [0.05, 0.1) is 12.1 Å². The highest BCUT2D eigenvalue weighted by atomic mass is 19.1. The van der Waals surface area contributed by atoms with Gasteiger partial charge in [0.1, 0.15) is 25.1 Å². The summed E-state index contributed by atoms with van der Waals surface area (Å²) in [5, 5.41) is 4.81. The summed E-state index contributed by atoms with van der Waals surface area (Å²) >= 11 is 0. The predicted molar refractivity (Wildman–Crippen MR) is 99.1 cm³/mol. The molecular formula is C20H19FN2O6. The van der Waals surface area contributed by atoms with Crippen LogP contribution in [0.5, 0.6) is 11.5 Å². The number of carbonyl (C=O) groups is 3. The fourth-order valence-corrected chi connectivity index (χ4v) is 2.53. The van der Waals surface area contributed by atoms with Gasteiger partial charge in [0.2, 0.25) is 0 Å². The smallest absolute Gasteiger partial charge is 0.325 e. The number of hydrogen-bond acceptors (Lipinski definition) is 6. The molecule has 0 spiro atoms. The van der Waals surface area contributed by atoms with Crippen molar-refractivity contribution >= 4 is 17.8 Å². The average Bonchev–Trinajstić information content (AvgIpc) is 2.74. The lowest BCUT2D eigenvalue weighted by atomic mass is 10.2. The third kappa shape index (κ3) is 5.68. The normalized spacial score (nSPS) is 14.6. The van der Waals surface area contributed by atoms with E-state index in [4.69, 9.17) is 14.2 Å². The molecule has 0 fully saturated rings. The Bertz CT molecular complexity index is 904. The molecule has 0 bridgehead atoms. The van der Waals surface area contributed by atoms with Crippen molar-refractivity contribution in [2.75, 3.05) is 26.3 Å². The van der Waals surface area contributed by atoms with Gasteiger partial charge >= 0.3 is 5.97 Å². The molecule has 1 atom stereocenters. The zero-order chi connectivity index (χ0) is 20.6. The first kappa shape index (κ1) is 20.1. The first-order chi connectivity index (χ1) is 14.0. The summed E-state index contributed by atoms with van der Waals surface area (Å²) in [6.45, 7) is -0.552. The topological polar surface area (TPSA) is 103 Å². The molecule has 1 aliphatic heterocycles. The van der Waals surface area contributed by atoms with Crippen LogP contribution in [0, 0.1) is 5.82 Å². The maximum atomic E-state index is 13.5. The van der Waals surface area contributed by atoms with Crippen LogP contribution in [0.4, 0.5) is 4.39 Å². The Balaban J connectivity index is 1.34. The summed E-state index contributed by atoms with van der Waals surface area (Å²) in [7, 11) is 0. The number of benzene rings is 2. The van der Waals surface area contributed by atoms with Crippen molar-refractivity contribution in [3.8, 4) is 11.5 Å². The van der Waals surface area contributed by atoms with Crippen molar-refractivity contribution in [3.05, 3.63) is 59.9 Å². The average molecular weight is 402 g/mol. The number of esters is 1. The van der Waals surface area contributed by atoms with E-state index in [1.54, 1.807) is 12.1 Å². The van der Waals surface area contributed by atoms with Crippen LogP contribution in [0.15, 0.2) is 48.5 Å². The van der Waals surface area contributed by atoms with Gasteiger partial charge < -0.3 is 24.8 Å². The van der Waals surface area contributed by atoms with Crippen LogP contribution in [-0.4, -0.2) is 50.2 Å². The molecule has 0 aliphatic carbocycles. The Hall–Kier alpha value is -3.62. The molecule has 0 radical (unpaired) electrons. The van der Waals surface area contributed by atoms with Crippen LogP contribution in [-0.2, 0) is 14.3 Å². The molecule has 8 nitrogen and oxygen atoms in total. The van der Waals surface area contributed by atoms with Crippen molar-refractivity contribution in [2.45, 2.75) is 6.10 Å². The molecule has 2 aromatic rings. The fourth-order valence-electron chi connectivity index (χ4n) is 2.53. The number of nitrogens with one attached hydrogen (secondary N) is 2. The van der Waals surface area contributed by atoms with E-state index in [1.807, 2.05) is 12.1 Å². The molecule has 0 saturated carbocycles. The Morgan fingerprint density at radius 2 is 1.76 bits per heavy atom. The molecule has 2 amide bonds. The molecule has 0 aromatic heterocycles. The molecule has 152 valence electrons. The summed E-state index contributed by atoms with van der Waals surface area (Å²) in [4.78, 5) is 35.3. The van der Waals surface area contributed by atoms with Crippen LogP contribution in [0.2, 0.25) is 0 Å². The molecule has 0 saturated heterocycles. The lowest BCUT2D eigenvalue weighted by Gasteiger charge is -2.26.